The van der Waals surface area contributed by atoms with Crippen molar-refractivity contribution in [2.24, 2.45) is 5.73 Å². The van der Waals surface area contributed by atoms with Gasteiger partial charge in [-0.15, -0.1) is 0 Å². The van der Waals surface area contributed by atoms with Gasteiger partial charge in [0.25, 0.3) is 5.91 Å². The van der Waals surface area contributed by atoms with Crippen LogP contribution in [0.4, 0.5) is 0 Å². The molecule has 2 N–H and O–H groups in total. The largest absolute Gasteiger partial charge is 0.418 e. The van der Waals surface area contributed by atoms with Crippen molar-refractivity contribution < 1.29 is 14.3 Å². The monoisotopic (exact) mass is 212 g/mol. The van der Waals surface area contributed by atoms with E-state index in [9.17, 15) is 9.59 Å². The molecule has 0 aliphatic carbocycles. The zero-order valence-corrected chi connectivity index (χ0v) is 9.03. The van der Waals surface area contributed by atoms with Gasteiger partial charge in [0.15, 0.2) is 5.76 Å². The lowest BCUT2D eigenvalue weighted by molar-refractivity contribution is -0.137. The van der Waals surface area contributed by atoms with Gasteiger partial charge < -0.3 is 15.4 Å². The Kier molecular flexibility index (Phi) is 6.05. The molecule has 15 heavy (non-hydrogen) atoms. The standard InChI is InChI=1S/C10H16N2O3/c1-4-9(13)15-8(10(11)14)6-5-7-12(2)3/h4,6H,1,5,7H2,2-3H3,(H2,11,14)/b8-6-. The number of hydrogen-bond acceptors (Lipinski definition) is 4. The van der Waals surface area contributed by atoms with Crippen LogP contribution in [0, 0.1) is 0 Å². The van der Waals surface area contributed by atoms with Crippen molar-refractivity contribution in [3.05, 3.63) is 24.5 Å². The van der Waals surface area contributed by atoms with E-state index in [2.05, 4.69) is 11.3 Å². The minimum absolute atomic E-state index is 0.137. The smallest absolute Gasteiger partial charge is 0.335 e. The van der Waals surface area contributed by atoms with E-state index in [1.807, 2.05) is 19.0 Å². The van der Waals surface area contributed by atoms with Crippen molar-refractivity contribution in [1.29, 1.82) is 0 Å². The maximum absolute atomic E-state index is 10.9. The predicted octanol–water partition coefficient (Wildman–Crippen LogP) is 0.0365. The second kappa shape index (κ2) is 6.78. The minimum atomic E-state index is -0.760. The topological polar surface area (TPSA) is 72.6 Å². The minimum Gasteiger partial charge on any atom is -0.418 e. The van der Waals surface area contributed by atoms with E-state index in [4.69, 9.17) is 5.73 Å². The molecule has 0 aromatic rings. The van der Waals surface area contributed by atoms with E-state index in [1.165, 1.54) is 6.08 Å². The highest BCUT2D eigenvalue weighted by Crippen LogP contribution is 2.00. The van der Waals surface area contributed by atoms with Gasteiger partial charge in [-0.25, -0.2) is 4.79 Å². The Morgan fingerprint density at radius 2 is 2.07 bits per heavy atom. The third kappa shape index (κ3) is 6.45. The number of carbonyl (C=O) groups is 2. The van der Waals surface area contributed by atoms with Crippen LogP contribution in [-0.4, -0.2) is 37.4 Å². The molecule has 0 aliphatic rings. The summed E-state index contributed by atoms with van der Waals surface area (Å²) in [6.07, 6.45) is 3.04. The number of rotatable bonds is 6. The third-order valence-electron chi connectivity index (χ3n) is 1.53. The third-order valence-corrected chi connectivity index (χ3v) is 1.53. The van der Waals surface area contributed by atoms with E-state index >= 15 is 0 Å². The second-order valence-corrected chi connectivity index (χ2v) is 3.15. The average molecular weight is 212 g/mol. The molecule has 0 heterocycles. The zero-order chi connectivity index (χ0) is 11.8. The van der Waals surface area contributed by atoms with Crippen molar-refractivity contribution in [3.63, 3.8) is 0 Å². The molecule has 1 amide bonds. The van der Waals surface area contributed by atoms with E-state index in [0.29, 0.717) is 6.42 Å². The molecule has 0 radical (unpaired) electrons. The maximum atomic E-state index is 10.9. The van der Waals surface area contributed by atoms with E-state index in [1.54, 1.807) is 0 Å². The molecule has 0 atom stereocenters. The molecule has 0 aliphatic heterocycles. The summed E-state index contributed by atoms with van der Waals surface area (Å²) in [5.41, 5.74) is 5.02. The van der Waals surface area contributed by atoms with Gasteiger partial charge in [-0.1, -0.05) is 6.58 Å². The average Bonchev–Trinajstić information content (AvgIpc) is 2.15. The molecule has 0 bridgehead atoms. The fourth-order valence-corrected chi connectivity index (χ4v) is 0.796. The number of carbonyl (C=O) groups excluding carboxylic acids is 2. The van der Waals surface area contributed by atoms with Crippen LogP contribution in [0.2, 0.25) is 0 Å². The first-order chi connectivity index (χ1) is 6.97. The van der Waals surface area contributed by atoms with E-state index in [0.717, 1.165) is 12.6 Å². The summed E-state index contributed by atoms with van der Waals surface area (Å²) < 4.78 is 4.65. The highest BCUT2D eigenvalue weighted by Gasteiger charge is 2.09. The molecule has 84 valence electrons. The number of ether oxygens (including phenoxy) is 1. The highest BCUT2D eigenvalue weighted by molar-refractivity contribution is 5.94. The molecule has 0 saturated heterocycles. The SMILES string of the molecule is C=CC(=O)O/C(=C\CCN(C)C)C(N)=O. The summed E-state index contributed by atoms with van der Waals surface area (Å²) >= 11 is 0. The molecule has 0 fully saturated rings. The molecule has 0 aromatic carbocycles. The Bertz CT molecular complexity index is 282. The van der Waals surface area contributed by atoms with Gasteiger partial charge in [-0.3, -0.25) is 4.79 Å². The molecule has 0 rings (SSSR count). The molecule has 0 aromatic heterocycles. The van der Waals surface area contributed by atoms with Gasteiger partial charge in [-0.05, 0) is 26.6 Å². The molecule has 0 spiro atoms. The Morgan fingerprint density at radius 1 is 1.47 bits per heavy atom. The van der Waals surface area contributed by atoms with E-state index < -0.39 is 11.9 Å². The first-order valence-corrected chi connectivity index (χ1v) is 4.46. The van der Waals surface area contributed by atoms with E-state index in [-0.39, 0.29) is 5.76 Å². The lowest BCUT2D eigenvalue weighted by Gasteiger charge is -2.07. The number of nitrogens with two attached hydrogens (primary N) is 1. The number of hydrogen-bond donors (Lipinski definition) is 1. The highest BCUT2D eigenvalue weighted by atomic mass is 16.5. The molecular formula is C10H16N2O3. The first kappa shape index (κ1) is 13.4. The normalized spacial score (nSPS) is 11.3. The van der Waals surface area contributed by atoms with Crippen LogP contribution >= 0.6 is 0 Å². The maximum Gasteiger partial charge on any atom is 0.335 e. The quantitative estimate of drug-likeness (QED) is 0.383. The Labute approximate surface area is 89.2 Å². The summed E-state index contributed by atoms with van der Waals surface area (Å²) in [6, 6.07) is 0. The Hall–Kier alpha value is -1.62. The summed E-state index contributed by atoms with van der Waals surface area (Å²) in [5.74, 6) is -1.59. The van der Waals surface area contributed by atoms with Crippen molar-refractivity contribution in [2.75, 3.05) is 20.6 Å². The van der Waals surface area contributed by atoms with Gasteiger partial charge in [0, 0.05) is 12.6 Å². The summed E-state index contributed by atoms with van der Waals surface area (Å²) in [6.45, 7) is 3.96. The first-order valence-electron chi connectivity index (χ1n) is 4.46. The van der Waals surface area contributed by atoms with Crippen molar-refractivity contribution in [1.82, 2.24) is 4.90 Å². The Balaban J connectivity index is 4.32. The van der Waals surface area contributed by atoms with Gasteiger partial charge in [0.1, 0.15) is 0 Å². The summed E-state index contributed by atoms with van der Waals surface area (Å²) in [5, 5.41) is 0. The fourth-order valence-electron chi connectivity index (χ4n) is 0.796. The van der Waals surface area contributed by atoms with Gasteiger partial charge in [0.2, 0.25) is 0 Å². The van der Waals surface area contributed by atoms with Crippen molar-refractivity contribution >= 4 is 11.9 Å². The van der Waals surface area contributed by atoms with Crippen molar-refractivity contribution in [2.45, 2.75) is 6.42 Å². The van der Waals surface area contributed by atoms with Crippen LogP contribution in [0.25, 0.3) is 0 Å². The molecule has 5 heteroatoms. The second-order valence-electron chi connectivity index (χ2n) is 3.15. The van der Waals surface area contributed by atoms with Gasteiger partial charge >= 0.3 is 5.97 Å². The summed E-state index contributed by atoms with van der Waals surface area (Å²) in [7, 11) is 3.79. The van der Waals surface area contributed by atoms with Gasteiger partial charge in [0.05, 0.1) is 0 Å². The van der Waals surface area contributed by atoms with Crippen LogP contribution in [-0.2, 0) is 14.3 Å². The zero-order valence-electron chi connectivity index (χ0n) is 9.03. The molecule has 0 saturated carbocycles. The number of primary amides is 1. The van der Waals surface area contributed by atoms with Crippen LogP contribution in [0.1, 0.15) is 6.42 Å². The Morgan fingerprint density at radius 3 is 2.47 bits per heavy atom. The number of esters is 1. The lowest BCUT2D eigenvalue weighted by Crippen LogP contribution is -2.19. The lowest BCUT2D eigenvalue weighted by atomic mass is 10.3. The van der Waals surface area contributed by atoms with Crippen LogP contribution in [0.15, 0.2) is 24.5 Å². The molecule has 5 nitrogen and oxygen atoms in total. The molecular weight excluding hydrogens is 196 g/mol. The number of nitrogens with zero attached hydrogens (tertiary/aromatic N) is 1. The predicted molar refractivity (Wildman–Crippen MR) is 56.7 cm³/mol. The number of amides is 1. The summed E-state index contributed by atoms with van der Waals surface area (Å²) in [4.78, 5) is 23.6. The van der Waals surface area contributed by atoms with Crippen LogP contribution in [0.3, 0.4) is 0 Å². The molecule has 0 unspecified atom stereocenters. The fraction of sp³-hybridized carbons (Fsp3) is 0.400. The van der Waals surface area contributed by atoms with Gasteiger partial charge in [-0.2, -0.15) is 0 Å². The van der Waals surface area contributed by atoms with Crippen LogP contribution < -0.4 is 5.73 Å². The van der Waals surface area contributed by atoms with Crippen molar-refractivity contribution in [3.8, 4) is 0 Å². The van der Waals surface area contributed by atoms with Crippen LogP contribution in [0.5, 0.6) is 0 Å².